The maximum atomic E-state index is 13.8. The lowest BCUT2D eigenvalue weighted by Gasteiger charge is -2.31. The van der Waals surface area contributed by atoms with Gasteiger partial charge in [0.25, 0.3) is 0 Å². The van der Waals surface area contributed by atoms with Gasteiger partial charge in [-0.2, -0.15) is 0 Å². The van der Waals surface area contributed by atoms with Crippen LogP contribution >= 0.6 is 0 Å². The van der Waals surface area contributed by atoms with E-state index in [-0.39, 0.29) is 150 Å². The Hall–Kier alpha value is -5.30. The first-order valence-electron chi connectivity index (χ1n) is 65.0. The van der Waals surface area contributed by atoms with Crippen LogP contribution in [0.1, 0.15) is 698 Å². The summed E-state index contributed by atoms with van der Waals surface area (Å²) in [7, 11) is 0. The third-order valence-corrected chi connectivity index (χ3v) is 31.0. The van der Waals surface area contributed by atoms with Crippen molar-refractivity contribution in [3.63, 3.8) is 0 Å². The van der Waals surface area contributed by atoms with Gasteiger partial charge in [-0.05, 0) is 180 Å². The quantitative estimate of drug-likeness (QED) is 0.0311. The normalized spacial score (nSPS) is 13.1. The first kappa shape index (κ1) is 145. The molecule has 0 aliphatic rings. The fourth-order valence-corrected chi connectivity index (χ4v) is 20.2. The van der Waals surface area contributed by atoms with Crippen LogP contribution in [-0.2, 0) is 95.3 Å². The highest BCUT2D eigenvalue weighted by Gasteiger charge is 2.37. The van der Waals surface area contributed by atoms with Crippen molar-refractivity contribution in [2.45, 2.75) is 723 Å². The van der Waals surface area contributed by atoms with Crippen LogP contribution in [0.3, 0.4) is 0 Å². The van der Waals surface area contributed by atoms with Gasteiger partial charge in [0, 0.05) is 64.2 Å². The molecule has 0 amide bonds. The minimum Gasteiger partial charge on any atom is -0.465 e. The Labute approximate surface area is 923 Å². The Kier molecular flexibility index (Phi) is 107. The van der Waals surface area contributed by atoms with Gasteiger partial charge >= 0.3 is 59.7 Å². The number of carbonyl (C=O) groups is 10. The first-order chi connectivity index (χ1) is 73.2. The fourth-order valence-electron chi connectivity index (χ4n) is 20.2. The molecule has 0 heterocycles. The Balaban J connectivity index is 6.45. The van der Waals surface area contributed by atoms with Gasteiger partial charge in [-0.1, -0.05) is 454 Å². The predicted molar refractivity (Wildman–Crippen MR) is 619 cm³/mol. The Bertz CT molecular complexity index is 2700. The fraction of sp³-hybridized carbons (Fsp3) is 0.923. The van der Waals surface area contributed by atoms with E-state index in [0.717, 1.165) is 257 Å². The van der Waals surface area contributed by atoms with Crippen molar-refractivity contribution in [3.05, 3.63) is 0 Å². The highest BCUT2D eigenvalue weighted by molar-refractivity contribution is 5.73. The first-order valence-corrected chi connectivity index (χ1v) is 65.0. The number of rotatable bonds is 119. The SMILES string of the molecule is CCCCCCCCCC(=O)OC(CCCCCCCCC)CCCCCCCC(=O)OCC(CC)(COC(=O)CCCCCCCC(CCCCCCCCC)OC(=O)CCCCCCCCC)COC(=O)CCCCC(=O)OCC(CC)(COC(=O)CCCCCCCC(CCCCCCCCC)OC(=O)CCCCCCCCC)COC(=O)CCCCCCCC(CCCCCCCCC)OC(=O)CCCCCCCCC. The molecule has 0 rings (SSSR count). The number of esters is 10. The molecule has 150 heavy (non-hydrogen) atoms. The second-order valence-corrected chi connectivity index (χ2v) is 45.7. The predicted octanol–water partition coefficient (Wildman–Crippen LogP) is 38.3. The van der Waals surface area contributed by atoms with Gasteiger partial charge in [0.05, 0.1) is 10.8 Å². The Morgan fingerprint density at radius 3 is 0.353 bits per heavy atom. The summed E-state index contributed by atoms with van der Waals surface area (Å²) in [5, 5.41) is 0. The number of ether oxygens (including phenoxy) is 10. The van der Waals surface area contributed by atoms with E-state index < -0.39 is 22.8 Å². The number of unbranched alkanes of at least 4 members (excludes halogenated alkanes) is 65. The molecule has 0 spiro atoms. The molecular weight excluding hydrogens is 1880 g/mol. The average molecular weight is 2130 g/mol. The van der Waals surface area contributed by atoms with Gasteiger partial charge in [0.1, 0.15) is 64.1 Å². The van der Waals surface area contributed by atoms with E-state index in [0.29, 0.717) is 77.0 Å². The van der Waals surface area contributed by atoms with Crippen LogP contribution in [0.15, 0.2) is 0 Å². The molecule has 4 atom stereocenters. The molecule has 0 bridgehead atoms. The van der Waals surface area contributed by atoms with E-state index in [4.69, 9.17) is 47.4 Å². The van der Waals surface area contributed by atoms with Crippen molar-refractivity contribution in [1.82, 2.24) is 0 Å². The minimum atomic E-state index is -1.03. The summed E-state index contributed by atoms with van der Waals surface area (Å²) in [5.74, 6) is -2.81. The van der Waals surface area contributed by atoms with Gasteiger partial charge in [0.15, 0.2) is 0 Å². The molecular formula is C130H242O20. The van der Waals surface area contributed by atoms with Crippen molar-refractivity contribution in [2.75, 3.05) is 39.6 Å². The van der Waals surface area contributed by atoms with Crippen LogP contribution in [0.25, 0.3) is 0 Å². The highest BCUT2D eigenvalue weighted by atomic mass is 16.6. The monoisotopic (exact) mass is 2120 g/mol. The summed E-state index contributed by atoms with van der Waals surface area (Å²) in [5.41, 5.74) is -2.06. The van der Waals surface area contributed by atoms with Crippen LogP contribution in [0, 0.1) is 10.8 Å². The third-order valence-electron chi connectivity index (χ3n) is 31.0. The van der Waals surface area contributed by atoms with Crippen LogP contribution in [0.5, 0.6) is 0 Å². The maximum absolute atomic E-state index is 13.8. The summed E-state index contributed by atoms with van der Waals surface area (Å²) >= 11 is 0. The molecule has 4 unspecified atom stereocenters. The maximum Gasteiger partial charge on any atom is 0.306 e. The van der Waals surface area contributed by atoms with Gasteiger partial charge in [-0.25, -0.2) is 0 Å². The zero-order valence-electron chi connectivity index (χ0n) is 100. The van der Waals surface area contributed by atoms with Gasteiger partial charge in [0.2, 0.25) is 0 Å². The molecule has 0 aliphatic carbocycles. The zero-order chi connectivity index (χ0) is 110. The van der Waals surface area contributed by atoms with Crippen LogP contribution in [-0.4, -0.2) is 124 Å². The van der Waals surface area contributed by atoms with Crippen molar-refractivity contribution in [1.29, 1.82) is 0 Å². The van der Waals surface area contributed by atoms with Crippen molar-refractivity contribution >= 4 is 59.7 Å². The second kappa shape index (κ2) is 111. The molecule has 0 aromatic carbocycles. The molecule has 0 N–H and O–H groups in total. The largest absolute Gasteiger partial charge is 0.465 e. The van der Waals surface area contributed by atoms with E-state index in [1.54, 1.807) is 0 Å². The van der Waals surface area contributed by atoms with Crippen LogP contribution in [0.2, 0.25) is 0 Å². The molecule has 0 saturated carbocycles. The third kappa shape index (κ3) is 97.2. The smallest absolute Gasteiger partial charge is 0.306 e. The molecule has 0 fully saturated rings. The second-order valence-electron chi connectivity index (χ2n) is 45.7. The molecule has 882 valence electrons. The zero-order valence-corrected chi connectivity index (χ0v) is 100. The molecule has 0 radical (unpaired) electrons. The van der Waals surface area contributed by atoms with Crippen molar-refractivity contribution in [2.24, 2.45) is 10.8 Å². The Morgan fingerprint density at radius 1 is 0.133 bits per heavy atom. The number of hydrogen-bond acceptors (Lipinski definition) is 20. The van der Waals surface area contributed by atoms with Crippen LogP contribution < -0.4 is 0 Å². The van der Waals surface area contributed by atoms with E-state index in [1.165, 1.54) is 257 Å². The molecule has 20 nitrogen and oxygen atoms in total. The van der Waals surface area contributed by atoms with E-state index in [9.17, 15) is 47.9 Å². The topological polar surface area (TPSA) is 263 Å². The van der Waals surface area contributed by atoms with Gasteiger partial charge in [-0.3, -0.25) is 47.9 Å². The standard InChI is InChI=1S/C130H242O20/c1-11-21-29-37-45-57-73-91-115(147-125(137)105-85-65-49-41-33-25-15-5)95-77-61-53-69-81-99-119(131)141-109-129(19-9,110-142-120(132)100-82-70-54-62-78-96-116(92-74-58-46-38-30-22-12-2)148-126(138)106-86-66-50-42-34-26-16-6)113-145-123(135)103-89-90-104-124(136)146-114-130(20-10,111-143-121(133)101-83-71-55-63-79-97-117(93-75-59-47-39-31-23-13-3)149-127(139)107-87-67-51-43-35-27-17-7)112-144-122(134)102-84-72-56-64-80-98-118(94-76-60-48-40-32-24-14-4)150-128(140)108-88-68-52-44-36-28-18-8/h115-118H,11-114H2,1-10H3. The van der Waals surface area contributed by atoms with E-state index in [1.807, 2.05) is 13.8 Å². The Morgan fingerprint density at radius 2 is 0.233 bits per heavy atom. The minimum absolute atomic E-state index is 0.0150. The van der Waals surface area contributed by atoms with E-state index in [2.05, 4.69) is 55.4 Å². The average Bonchev–Trinajstić information content (AvgIpc) is 0.864. The summed E-state index contributed by atoms with van der Waals surface area (Å²) < 4.78 is 60.6. The van der Waals surface area contributed by atoms with Crippen molar-refractivity contribution < 1.29 is 95.3 Å². The molecule has 0 aromatic rings. The van der Waals surface area contributed by atoms with E-state index >= 15 is 0 Å². The van der Waals surface area contributed by atoms with Gasteiger partial charge in [-0.15, -0.1) is 0 Å². The van der Waals surface area contributed by atoms with Crippen molar-refractivity contribution in [3.8, 4) is 0 Å². The summed E-state index contributed by atoms with van der Waals surface area (Å²) in [6, 6.07) is 0. The summed E-state index contributed by atoms with van der Waals surface area (Å²) in [6.07, 6.45) is 94.2. The number of hydrogen-bond donors (Lipinski definition) is 0. The lowest BCUT2D eigenvalue weighted by Crippen LogP contribution is -2.39. The highest BCUT2D eigenvalue weighted by Crippen LogP contribution is 2.32. The molecule has 0 aromatic heterocycles. The summed E-state index contributed by atoms with van der Waals surface area (Å²) in [6.45, 7) is 20.9. The van der Waals surface area contributed by atoms with Gasteiger partial charge < -0.3 is 47.4 Å². The van der Waals surface area contributed by atoms with Crippen LogP contribution in [0.4, 0.5) is 0 Å². The molecule has 0 aliphatic heterocycles. The molecule has 0 saturated heterocycles. The lowest BCUT2D eigenvalue weighted by molar-refractivity contribution is -0.165. The lowest BCUT2D eigenvalue weighted by atomic mass is 9.88. The summed E-state index contributed by atoms with van der Waals surface area (Å²) in [4.78, 5) is 135. The number of carbonyl (C=O) groups excluding carboxylic acids is 10. The molecule has 20 heteroatoms.